The summed E-state index contributed by atoms with van der Waals surface area (Å²) in [5.74, 6) is 0. The van der Waals surface area contributed by atoms with Crippen LogP contribution in [0, 0.1) is 0 Å². The molecule has 1 saturated heterocycles. The lowest BCUT2D eigenvalue weighted by Gasteiger charge is -2.18. The van der Waals surface area contributed by atoms with E-state index in [1.807, 2.05) is 11.3 Å². The Balaban J connectivity index is 1.23. The second-order valence-corrected chi connectivity index (χ2v) is 13.7. The van der Waals surface area contributed by atoms with Crippen LogP contribution in [0.5, 0.6) is 0 Å². The molecule has 3 aromatic heterocycles. The Hall–Kier alpha value is -5.16. The third kappa shape index (κ3) is 3.08. The van der Waals surface area contributed by atoms with Crippen molar-refractivity contribution in [3.8, 4) is 5.69 Å². The van der Waals surface area contributed by atoms with Gasteiger partial charge in [0, 0.05) is 43.2 Å². The van der Waals surface area contributed by atoms with E-state index in [1.54, 1.807) is 0 Å². The second kappa shape index (κ2) is 8.51. The number of para-hydroxylation sites is 2. The summed E-state index contributed by atoms with van der Waals surface area (Å²) in [4.78, 5) is 2.66. The lowest BCUT2D eigenvalue weighted by molar-refractivity contribution is 0.377. The number of hydrogen-bond acceptors (Lipinski definition) is 2. The Bertz CT molecular complexity index is 2710. The van der Waals surface area contributed by atoms with Gasteiger partial charge in [0.15, 0.2) is 0 Å². The van der Waals surface area contributed by atoms with E-state index in [1.165, 1.54) is 75.0 Å². The first-order chi connectivity index (χ1) is 22.3. The summed E-state index contributed by atoms with van der Waals surface area (Å²) in [6.07, 6.45) is 4.90. The minimum absolute atomic E-state index is 0.195. The van der Waals surface area contributed by atoms with Gasteiger partial charge in [-0.05, 0) is 64.9 Å². The quantitative estimate of drug-likeness (QED) is 0.147. The number of nitrogens with zero attached hydrogens (tertiary/aromatic N) is 3. The fourth-order valence-electron chi connectivity index (χ4n) is 8.28. The third-order valence-electron chi connectivity index (χ3n) is 10.3. The first kappa shape index (κ1) is 24.2. The van der Waals surface area contributed by atoms with E-state index >= 15 is 0 Å². The molecule has 5 heterocycles. The first-order valence-corrected chi connectivity index (χ1v) is 16.5. The van der Waals surface area contributed by atoms with Crippen LogP contribution in [0.1, 0.15) is 11.6 Å². The number of rotatable bonds is 3. The van der Waals surface area contributed by atoms with Gasteiger partial charge >= 0.3 is 0 Å². The summed E-state index contributed by atoms with van der Waals surface area (Å²) in [5, 5.41) is 7.88. The molecule has 2 aliphatic rings. The Morgan fingerprint density at radius 3 is 2.27 bits per heavy atom. The van der Waals surface area contributed by atoms with E-state index in [-0.39, 0.29) is 11.7 Å². The zero-order valence-electron chi connectivity index (χ0n) is 24.4. The van der Waals surface area contributed by atoms with E-state index in [0.29, 0.717) is 0 Å². The maximum Gasteiger partial charge on any atom is 0.131 e. The van der Waals surface area contributed by atoms with Crippen LogP contribution in [0.25, 0.3) is 69.5 Å². The number of thiophene rings is 1. The number of hydrogen-bond donors (Lipinski definition) is 0. The molecule has 3 nitrogen and oxygen atoms in total. The van der Waals surface area contributed by atoms with Gasteiger partial charge in [-0.2, -0.15) is 0 Å². The molecule has 0 bridgehead atoms. The van der Waals surface area contributed by atoms with Gasteiger partial charge in [0.05, 0.1) is 28.1 Å². The minimum Gasteiger partial charge on any atom is -0.314 e. The summed E-state index contributed by atoms with van der Waals surface area (Å²) < 4.78 is 7.88. The lowest BCUT2D eigenvalue weighted by Crippen LogP contribution is -2.19. The lowest BCUT2D eigenvalue weighted by atomic mass is 10.0. The Morgan fingerprint density at radius 2 is 1.38 bits per heavy atom. The number of fused-ring (bicyclic) bond motifs is 11. The molecular weight excluding hydrogens is 567 g/mol. The normalized spacial score (nSPS) is 20.8. The SMILES string of the molecule is C1=CC2(n3c4ccccc4c4c3c3ccc5sc6ccccc6c5c3n4-c3ccccc3)C[N@]2C1c1ccc2ccccc2c1. The van der Waals surface area contributed by atoms with Gasteiger partial charge in [0.25, 0.3) is 0 Å². The molecule has 0 spiro atoms. The van der Waals surface area contributed by atoms with Crippen LogP contribution >= 0.6 is 11.3 Å². The fourth-order valence-corrected chi connectivity index (χ4v) is 9.39. The van der Waals surface area contributed by atoms with Gasteiger partial charge in [0.2, 0.25) is 0 Å². The minimum atomic E-state index is -0.195. The van der Waals surface area contributed by atoms with Crippen molar-refractivity contribution in [2.75, 3.05) is 6.54 Å². The Kier molecular flexibility index (Phi) is 4.58. The van der Waals surface area contributed by atoms with Crippen molar-refractivity contribution in [3.05, 3.63) is 151 Å². The van der Waals surface area contributed by atoms with Gasteiger partial charge < -0.3 is 9.13 Å². The van der Waals surface area contributed by atoms with E-state index in [2.05, 4.69) is 160 Å². The average molecular weight is 594 g/mol. The van der Waals surface area contributed by atoms with Gasteiger partial charge in [-0.15, -0.1) is 11.3 Å². The Morgan fingerprint density at radius 1 is 0.600 bits per heavy atom. The molecule has 11 rings (SSSR count). The van der Waals surface area contributed by atoms with Crippen molar-refractivity contribution in [3.63, 3.8) is 0 Å². The van der Waals surface area contributed by atoms with Crippen molar-refractivity contribution < 1.29 is 0 Å². The highest BCUT2D eigenvalue weighted by Gasteiger charge is 2.59. The zero-order valence-corrected chi connectivity index (χ0v) is 25.2. The predicted octanol–water partition coefficient (Wildman–Crippen LogP) is 10.5. The molecule has 3 atom stereocenters. The van der Waals surface area contributed by atoms with Crippen molar-refractivity contribution >= 4 is 75.1 Å². The maximum absolute atomic E-state index is 2.66. The van der Waals surface area contributed by atoms with Crippen LogP contribution in [0.3, 0.4) is 0 Å². The maximum atomic E-state index is 2.66. The summed E-state index contributed by atoms with van der Waals surface area (Å²) in [5.41, 5.74) is 7.56. The third-order valence-corrected chi connectivity index (χ3v) is 11.4. The molecule has 0 N–H and O–H groups in total. The summed E-state index contributed by atoms with van der Waals surface area (Å²) in [7, 11) is 0. The molecule has 0 aliphatic carbocycles. The molecule has 4 heteroatoms. The molecule has 0 amide bonds. The number of aromatic nitrogens is 2. The van der Waals surface area contributed by atoms with Gasteiger partial charge in [0.1, 0.15) is 5.66 Å². The average Bonchev–Trinajstić information content (AvgIpc) is 3.40. The standard InChI is InChI=1S/C41H27N3S/c1-2-12-29(13-3-1)43-38-32(20-21-36-37(38)31-15-7-9-17-35(31)45-36)40-39(43)30-14-6-8-16-34(30)44(40)41-23-22-33(42(41)25-41)28-19-18-26-10-4-5-11-27(26)24-28/h1-24,33H,25H2/t33?,41?,42-/m1/s1. The fraction of sp³-hybridized carbons (Fsp3) is 0.0732. The molecule has 0 saturated carbocycles. The molecule has 6 aromatic carbocycles. The highest BCUT2D eigenvalue weighted by molar-refractivity contribution is 7.26. The van der Waals surface area contributed by atoms with E-state index in [0.717, 1.165) is 6.54 Å². The van der Waals surface area contributed by atoms with E-state index in [9.17, 15) is 0 Å². The smallest absolute Gasteiger partial charge is 0.131 e. The van der Waals surface area contributed by atoms with Gasteiger partial charge in [-0.3, -0.25) is 4.90 Å². The summed E-state index contributed by atoms with van der Waals surface area (Å²) >= 11 is 1.89. The molecule has 2 aliphatic heterocycles. The zero-order chi connectivity index (χ0) is 29.3. The highest BCUT2D eigenvalue weighted by Crippen LogP contribution is 2.56. The first-order valence-electron chi connectivity index (χ1n) is 15.7. The molecule has 1 fully saturated rings. The van der Waals surface area contributed by atoms with Crippen LogP contribution in [0.15, 0.2) is 146 Å². The monoisotopic (exact) mass is 593 g/mol. The van der Waals surface area contributed by atoms with Crippen molar-refractivity contribution in [2.24, 2.45) is 0 Å². The van der Waals surface area contributed by atoms with Crippen LogP contribution in [-0.4, -0.2) is 20.6 Å². The van der Waals surface area contributed by atoms with Crippen LogP contribution < -0.4 is 0 Å². The molecule has 212 valence electrons. The van der Waals surface area contributed by atoms with Gasteiger partial charge in [-0.25, -0.2) is 0 Å². The van der Waals surface area contributed by atoms with Crippen LogP contribution in [0.2, 0.25) is 0 Å². The van der Waals surface area contributed by atoms with Crippen molar-refractivity contribution in [1.82, 2.24) is 14.0 Å². The van der Waals surface area contributed by atoms with Crippen molar-refractivity contribution in [2.45, 2.75) is 11.7 Å². The van der Waals surface area contributed by atoms with E-state index in [4.69, 9.17) is 0 Å². The molecular formula is C41H27N3S. The summed E-state index contributed by atoms with van der Waals surface area (Å²) in [6.45, 7) is 0.996. The largest absolute Gasteiger partial charge is 0.314 e. The Labute approximate surface area is 263 Å². The molecule has 45 heavy (non-hydrogen) atoms. The van der Waals surface area contributed by atoms with Crippen LogP contribution in [0.4, 0.5) is 0 Å². The second-order valence-electron chi connectivity index (χ2n) is 12.6. The topological polar surface area (TPSA) is 12.9 Å². The van der Waals surface area contributed by atoms with Gasteiger partial charge in [-0.1, -0.05) is 97.1 Å². The molecule has 9 aromatic rings. The highest BCUT2D eigenvalue weighted by atomic mass is 32.1. The summed E-state index contributed by atoms with van der Waals surface area (Å²) in [6, 6.07) is 49.5. The predicted molar refractivity (Wildman–Crippen MR) is 190 cm³/mol. The molecule has 2 unspecified atom stereocenters. The molecule has 0 radical (unpaired) electrons. The van der Waals surface area contributed by atoms with E-state index < -0.39 is 0 Å². The number of benzene rings is 6. The van der Waals surface area contributed by atoms with Crippen molar-refractivity contribution in [1.29, 1.82) is 0 Å². The van der Waals surface area contributed by atoms with Crippen LogP contribution in [-0.2, 0) is 5.66 Å².